The first-order valence-electron chi connectivity index (χ1n) is 6.63. The molecule has 0 aromatic heterocycles. The molecule has 2 rings (SSSR count). The Kier molecular flexibility index (Phi) is 4.42. The number of aliphatic hydroxyl groups is 1. The van der Waals surface area contributed by atoms with E-state index in [2.05, 4.69) is 6.08 Å². The van der Waals surface area contributed by atoms with Gasteiger partial charge in [-0.2, -0.15) is 0 Å². The summed E-state index contributed by atoms with van der Waals surface area (Å²) in [7, 11) is -3.16. The number of benzene rings is 1. The molecule has 1 aliphatic carbocycles. The van der Waals surface area contributed by atoms with E-state index < -0.39 is 9.84 Å². The van der Waals surface area contributed by atoms with Crippen molar-refractivity contribution in [3.63, 3.8) is 0 Å². The Morgan fingerprint density at radius 1 is 1.26 bits per heavy atom. The van der Waals surface area contributed by atoms with Crippen LogP contribution in [0.4, 0.5) is 0 Å². The molecule has 0 unspecified atom stereocenters. The lowest BCUT2D eigenvalue weighted by atomic mass is 9.99. The van der Waals surface area contributed by atoms with Gasteiger partial charge in [0.15, 0.2) is 9.84 Å². The largest absolute Gasteiger partial charge is 0.392 e. The summed E-state index contributed by atoms with van der Waals surface area (Å²) in [5, 5.41) is 9.48. The van der Waals surface area contributed by atoms with Crippen LogP contribution in [0.2, 0.25) is 0 Å². The molecule has 0 bridgehead atoms. The second kappa shape index (κ2) is 5.88. The minimum Gasteiger partial charge on any atom is -0.392 e. The SMILES string of the molecule is CS(=O)(=O)c1ccc(/C(=C/C2CCCC2)CO)cc1. The maximum Gasteiger partial charge on any atom is 0.175 e. The van der Waals surface area contributed by atoms with Crippen LogP contribution in [0.25, 0.3) is 5.57 Å². The van der Waals surface area contributed by atoms with Crippen LogP contribution < -0.4 is 0 Å². The summed E-state index contributed by atoms with van der Waals surface area (Å²) in [6.45, 7) is -0.00524. The Labute approximate surface area is 114 Å². The van der Waals surface area contributed by atoms with Gasteiger partial charge in [-0.05, 0) is 42.0 Å². The number of hydrogen-bond acceptors (Lipinski definition) is 3. The molecule has 0 amide bonds. The van der Waals surface area contributed by atoms with Gasteiger partial charge in [-0.25, -0.2) is 8.42 Å². The number of hydrogen-bond donors (Lipinski definition) is 1. The van der Waals surface area contributed by atoms with E-state index in [1.807, 2.05) is 0 Å². The van der Waals surface area contributed by atoms with Crippen LogP contribution in [0.5, 0.6) is 0 Å². The zero-order valence-corrected chi connectivity index (χ0v) is 12.0. The molecule has 19 heavy (non-hydrogen) atoms. The van der Waals surface area contributed by atoms with Crippen LogP contribution in [-0.2, 0) is 9.84 Å². The number of rotatable bonds is 4. The van der Waals surface area contributed by atoms with E-state index in [1.165, 1.54) is 31.9 Å². The molecule has 1 aliphatic rings. The fourth-order valence-corrected chi connectivity index (χ4v) is 3.20. The highest BCUT2D eigenvalue weighted by Gasteiger charge is 2.14. The van der Waals surface area contributed by atoms with Gasteiger partial charge in [-0.1, -0.05) is 31.1 Å². The number of aliphatic hydroxyl groups excluding tert-OH is 1. The van der Waals surface area contributed by atoms with Crippen molar-refractivity contribution in [3.05, 3.63) is 35.9 Å². The molecule has 3 nitrogen and oxygen atoms in total. The van der Waals surface area contributed by atoms with Crippen molar-refractivity contribution in [3.8, 4) is 0 Å². The van der Waals surface area contributed by atoms with E-state index in [1.54, 1.807) is 24.3 Å². The molecule has 0 atom stereocenters. The van der Waals surface area contributed by atoms with Gasteiger partial charge in [0, 0.05) is 6.26 Å². The first kappa shape index (κ1) is 14.3. The van der Waals surface area contributed by atoms with Gasteiger partial charge in [0.05, 0.1) is 11.5 Å². The maximum atomic E-state index is 11.4. The lowest BCUT2D eigenvalue weighted by Crippen LogP contribution is -1.99. The first-order chi connectivity index (χ1) is 9.00. The third-order valence-electron chi connectivity index (χ3n) is 3.66. The molecule has 0 saturated heterocycles. The minimum atomic E-state index is -3.16. The second-order valence-corrected chi connectivity index (χ2v) is 7.21. The smallest absolute Gasteiger partial charge is 0.175 e. The summed E-state index contributed by atoms with van der Waals surface area (Å²) in [6, 6.07) is 6.74. The van der Waals surface area contributed by atoms with Crippen molar-refractivity contribution < 1.29 is 13.5 Å². The van der Waals surface area contributed by atoms with Crippen LogP contribution in [0.1, 0.15) is 31.2 Å². The van der Waals surface area contributed by atoms with Crippen LogP contribution >= 0.6 is 0 Å². The van der Waals surface area contributed by atoms with Crippen LogP contribution in [0.3, 0.4) is 0 Å². The predicted octanol–water partition coefficient (Wildman–Crippen LogP) is 2.66. The molecule has 1 aromatic carbocycles. The summed E-state index contributed by atoms with van der Waals surface area (Å²) in [5.41, 5.74) is 1.80. The van der Waals surface area contributed by atoms with Crippen molar-refractivity contribution in [2.24, 2.45) is 5.92 Å². The van der Waals surface area contributed by atoms with Crippen molar-refractivity contribution in [1.29, 1.82) is 0 Å². The highest BCUT2D eigenvalue weighted by molar-refractivity contribution is 7.90. The Morgan fingerprint density at radius 3 is 2.32 bits per heavy atom. The van der Waals surface area contributed by atoms with Gasteiger partial charge in [0.2, 0.25) is 0 Å². The highest BCUT2D eigenvalue weighted by Crippen LogP contribution is 2.29. The van der Waals surface area contributed by atoms with Gasteiger partial charge in [0.1, 0.15) is 0 Å². The van der Waals surface area contributed by atoms with E-state index in [0.29, 0.717) is 10.8 Å². The molecule has 1 aromatic rings. The monoisotopic (exact) mass is 280 g/mol. The Balaban J connectivity index is 2.24. The topological polar surface area (TPSA) is 54.4 Å². The van der Waals surface area contributed by atoms with E-state index in [4.69, 9.17) is 0 Å². The lowest BCUT2D eigenvalue weighted by molar-refractivity contribution is 0.349. The molecule has 0 aliphatic heterocycles. The summed E-state index contributed by atoms with van der Waals surface area (Å²) >= 11 is 0. The Hall–Kier alpha value is -1.13. The fraction of sp³-hybridized carbons (Fsp3) is 0.467. The fourth-order valence-electron chi connectivity index (χ4n) is 2.56. The molecule has 104 valence electrons. The molecule has 0 heterocycles. The molecule has 0 radical (unpaired) electrons. The molecule has 1 saturated carbocycles. The van der Waals surface area contributed by atoms with E-state index in [-0.39, 0.29) is 6.61 Å². The van der Waals surface area contributed by atoms with Gasteiger partial charge < -0.3 is 5.11 Å². The van der Waals surface area contributed by atoms with Gasteiger partial charge in [-0.15, -0.1) is 0 Å². The second-order valence-electron chi connectivity index (χ2n) is 5.19. The Bertz CT molecular complexity index is 550. The summed E-state index contributed by atoms with van der Waals surface area (Å²) in [4.78, 5) is 0.314. The molecule has 1 N–H and O–H groups in total. The predicted molar refractivity (Wildman–Crippen MR) is 76.6 cm³/mol. The average molecular weight is 280 g/mol. The normalized spacial score (nSPS) is 17.9. The Morgan fingerprint density at radius 2 is 1.84 bits per heavy atom. The zero-order valence-electron chi connectivity index (χ0n) is 11.2. The van der Waals surface area contributed by atoms with Crippen LogP contribution in [0.15, 0.2) is 35.2 Å². The summed E-state index contributed by atoms with van der Waals surface area (Å²) in [6.07, 6.45) is 8.22. The molecule has 4 heteroatoms. The van der Waals surface area contributed by atoms with Crippen molar-refractivity contribution >= 4 is 15.4 Å². The molecule has 0 spiro atoms. The number of sulfone groups is 1. The third kappa shape index (κ3) is 3.67. The van der Waals surface area contributed by atoms with Gasteiger partial charge in [-0.3, -0.25) is 0 Å². The first-order valence-corrected chi connectivity index (χ1v) is 8.52. The average Bonchev–Trinajstić information content (AvgIpc) is 2.88. The van der Waals surface area contributed by atoms with E-state index in [9.17, 15) is 13.5 Å². The van der Waals surface area contributed by atoms with Crippen LogP contribution in [0, 0.1) is 5.92 Å². The molecular formula is C15H20O3S. The number of allylic oxidation sites excluding steroid dienone is 1. The van der Waals surface area contributed by atoms with Crippen molar-refractivity contribution in [1.82, 2.24) is 0 Å². The third-order valence-corrected chi connectivity index (χ3v) is 4.79. The maximum absolute atomic E-state index is 11.4. The zero-order chi connectivity index (χ0) is 13.9. The standard InChI is InChI=1S/C15H20O3S/c1-19(17,18)15-8-6-13(7-9-15)14(11-16)10-12-4-2-3-5-12/h6-10,12,16H,2-5,11H2,1H3/b14-10+. The minimum absolute atomic E-state index is 0.00524. The van der Waals surface area contributed by atoms with Gasteiger partial charge >= 0.3 is 0 Å². The van der Waals surface area contributed by atoms with E-state index in [0.717, 1.165) is 11.1 Å². The quantitative estimate of drug-likeness (QED) is 0.922. The molecular weight excluding hydrogens is 260 g/mol. The molecule has 1 fully saturated rings. The van der Waals surface area contributed by atoms with E-state index >= 15 is 0 Å². The van der Waals surface area contributed by atoms with Crippen molar-refractivity contribution in [2.45, 2.75) is 30.6 Å². The lowest BCUT2D eigenvalue weighted by Gasteiger charge is -2.09. The highest BCUT2D eigenvalue weighted by atomic mass is 32.2. The summed E-state index contributed by atoms with van der Waals surface area (Å²) < 4.78 is 22.8. The van der Waals surface area contributed by atoms with Crippen molar-refractivity contribution in [2.75, 3.05) is 12.9 Å². The van der Waals surface area contributed by atoms with Gasteiger partial charge in [0.25, 0.3) is 0 Å². The summed E-state index contributed by atoms with van der Waals surface area (Å²) in [5.74, 6) is 0.553. The van der Waals surface area contributed by atoms with Crippen LogP contribution in [-0.4, -0.2) is 26.4 Å².